The molecule has 0 aliphatic rings. The van der Waals surface area contributed by atoms with E-state index in [0.29, 0.717) is 28.9 Å². The first-order valence-electron chi connectivity index (χ1n) is 8.83. The first-order chi connectivity index (χ1) is 14.2. The van der Waals surface area contributed by atoms with E-state index in [1.807, 2.05) is 48.5 Å². The number of benzene rings is 2. The normalized spacial score (nSPS) is 10.7. The predicted octanol–water partition coefficient (Wildman–Crippen LogP) is 3.89. The van der Waals surface area contributed by atoms with E-state index < -0.39 is 0 Å². The summed E-state index contributed by atoms with van der Waals surface area (Å²) in [5, 5.41) is 6.56. The highest BCUT2D eigenvalue weighted by molar-refractivity contribution is 7.13. The van der Waals surface area contributed by atoms with E-state index in [-0.39, 0.29) is 12.4 Å². The number of ether oxygens (including phenoxy) is 3. The van der Waals surface area contributed by atoms with Gasteiger partial charge in [0, 0.05) is 5.38 Å². The lowest BCUT2D eigenvalue weighted by atomic mass is 10.2. The third-order valence-electron chi connectivity index (χ3n) is 3.90. The molecule has 0 fully saturated rings. The molecule has 2 aromatic carbocycles. The Morgan fingerprint density at radius 1 is 1.17 bits per heavy atom. The van der Waals surface area contributed by atoms with Crippen LogP contribution >= 0.6 is 11.3 Å². The number of rotatable bonds is 9. The molecule has 0 atom stereocenters. The Morgan fingerprint density at radius 2 is 2.00 bits per heavy atom. The zero-order chi connectivity index (χ0) is 20.5. The van der Waals surface area contributed by atoms with E-state index in [1.165, 1.54) is 18.4 Å². The summed E-state index contributed by atoms with van der Waals surface area (Å²) in [6, 6.07) is 15.5. The Morgan fingerprint density at radius 3 is 2.76 bits per heavy atom. The topological polar surface area (TPSA) is 82.0 Å². The van der Waals surface area contributed by atoms with Crippen molar-refractivity contribution < 1.29 is 19.0 Å². The van der Waals surface area contributed by atoms with Gasteiger partial charge < -0.3 is 14.2 Å². The molecule has 0 radical (unpaired) electrons. The van der Waals surface area contributed by atoms with E-state index in [4.69, 9.17) is 9.47 Å². The summed E-state index contributed by atoms with van der Waals surface area (Å²) in [4.78, 5) is 15.6. The molecule has 3 aromatic rings. The molecule has 150 valence electrons. The second-order valence-electron chi connectivity index (χ2n) is 5.95. The zero-order valence-electron chi connectivity index (χ0n) is 16.1. The van der Waals surface area contributed by atoms with E-state index >= 15 is 0 Å². The molecule has 8 heteroatoms. The molecule has 0 bridgehead atoms. The summed E-state index contributed by atoms with van der Waals surface area (Å²) >= 11 is 1.36. The number of hydrazone groups is 1. The Labute approximate surface area is 173 Å². The molecule has 0 saturated heterocycles. The van der Waals surface area contributed by atoms with Crippen molar-refractivity contribution in [2.45, 2.75) is 13.0 Å². The highest BCUT2D eigenvalue weighted by atomic mass is 32.1. The molecule has 29 heavy (non-hydrogen) atoms. The molecule has 0 aliphatic carbocycles. The molecule has 0 unspecified atom stereocenters. The van der Waals surface area contributed by atoms with Crippen LogP contribution in [0.15, 0.2) is 59.0 Å². The van der Waals surface area contributed by atoms with Gasteiger partial charge in [-0.05, 0) is 29.3 Å². The van der Waals surface area contributed by atoms with Crippen LogP contribution in [0.4, 0.5) is 5.13 Å². The van der Waals surface area contributed by atoms with Crippen LogP contribution in [-0.4, -0.2) is 31.4 Å². The van der Waals surface area contributed by atoms with Gasteiger partial charge in [0.1, 0.15) is 6.61 Å². The summed E-state index contributed by atoms with van der Waals surface area (Å²) in [6.45, 7) is 0.462. The van der Waals surface area contributed by atoms with Gasteiger partial charge in [-0.3, -0.25) is 10.2 Å². The van der Waals surface area contributed by atoms with Gasteiger partial charge in [-0.25, -0.2) is 4.98 Å². The van der Waals surface area contributed by atoms with Gasteiger partial charge in [0.05, 0.1) is 32.5 Å². The van der Waals surface area contributed by atoms with Gasteiger partial charge >= 0.3 is 5.97 Å². The Hall–Kier alpha value is -3.39. The lowest BCUT2D eigenvalue weighted by Crippen LogP contribution is -2.04. The van der Waals surface area contributed by atoms with Crippen LogP contribution in [0.1, 0.15) is 16.8 Å². The second-order valence-corrected chi connectivity index (χ2v) is 6.81. The molecule has 7 nitrogen and oxygen atoms in total. The van der Waals surface area contributed by atoms with Crippen molar-refractivity contribution in [2.24, 2.45) is 5.10 Å². The van der Waals surface area contributed by atoms with E-state index in [9.17, 15) is 4.79 Å². The molecule has 0 amide bonds. The summed E-state index contributed by atoms with van der Waals surface area (Å²) in [5.41, 5.74) is 5.42. The van der Waals surface area contributed by atoms with Crippen molar-refractivity contribution in [1.82, 2.24) is 4.98 Å². The third kappa shape index (κ3) is 6.05. The molecular formula is C21H21N3O4S. The molecule has 0 spiro atoms. The van der Waals surface area contributed by atoms with Crippen molar-refractivity contribution in [2.75, 3.05) is 19.6 Å². The van der Waals surface area contributed by atoms with E-state index in [1.54, 1.807) is 18.7 Å². The SMILES string of the molecule is COC(=O)Cc1csc(N/N=C\c2ccc(OCc3ccccc3)c(OC)c2)n1. The highest BCUT2D eigenvalue weighted by Crippen LogP contribution is 2.28. The van der Waals surface area contributed by atoms with Crippen LogP contribution in [0.25, 0.3) is 0 Å². The molecule has 3 rings (SSSR count). The number of carbonyl (C=O) groups excluding carboxylic acids is 1. The maximum Gasteiger partial charge on any atom is 0.311 e. The van der Waals surface area contributed by atoms with Gasteiger partial charge in [0.15, 0.2) is 11.5 Å². The van der Waals surface area contributed by atoms with Crippen LogP contribution in [0.3, 0.4) is 0 Å². The standard InChI is InChI=1S/C21H21N3O4S/c1-26-19-10-16(8-9-18(19)28-13-15-6-4-3-5-7-15)12-22-24-21-23-17(14-29-21)11-20(25)27-2/h3-10,12,14H,11,13H2,1-2H3,(H,23,24)/b22-12-. The molecule has 1 N–H and O–H groups in total. The van der Waals surface area contributed by atoms with Crippen molar-refractivity contribution in [3.63, 3.8) is 0 Å². The molecule has 0 aliphatic heterocycles. The number of carbonyl (C=O) groups is 1. The minimum Gasteiger partial charge on any atom is -0.493 e. The average molecular weight is 411 g/mol. The number of hydrogen-bond acceptors (Lipinski definition) is 8. The molecular weight excluding hydrogens is 390 g/mol. The van der Waals surface area contributed by atoms with Crippen molar-refractivity contribution in [3.05, 3.63) is 70.7 Å². The number of hydrogen-bond donors (Lipinski definition) is 1. The molecule has 1 heterocycles. The highest BCUT2D eigenvalue weighted by Gasteiger charge is 2.08. The average Bonchev–Trinajstić information content (AvgIpc) is 3.20. The number of nitrogens with one attached hydrogen (secondary N) is 1. The number of aromatic nitrogens is 1. The summed E-state index contributed by atoms with van der Waals surface area (Å²) in [6.07, 6.45) is 1.80. The Balaban J connectivity index is 1.58. The smallest absolute Gasteiger partial charge is 0.311 e. The molecule has 1 aromatic heterocycles. The maximum atomic E-state index is 11.3. The fourth-order valence-electron chi connectivity index (χ4n) is 2.44. The minimum atomic E-state index is -0.327. The van der Waals surface area contributed by atoms with Crippen molar-refractivity contribution >= 4 is 28.7 Å². The van der Waals surface area contributed by atoms with Crippen molar-refractivity contribution in [1.29, 1.82) is 0 Å². The van der Waals surface area contributed by atoms with Crippen LogP contribution in [-0.2, 0) is 22.6 Å². The first-order valence-corrected chi connectivity index (χ1v) is 9.71. The number of nitrogens with zero attached hydrogens (tertiary/aromatic N) is 2. The Kier molecular flexibility index (Phi) is 7.18. The lowest BCUT2D eigenvalue weighted by molar-refractivity contribution is -0.139. The van der Waals surface area contributed by atoms with Crippen LogP contribution in [0.5, 0.6) is 11.5 Å². The minimum absolute atomic E-state index is 0.139. The van der Waals surface area contributed by atoms with Gasteiger partial charge in [-0.1, -0.05) is 30.3 Å². The third-order valence-corrected chi connectivity index (χ3v) is 4.70. The quantitative estimate of drug-likeness (QED) is 0.327. The fraction of sp³-hybridized carbons (Fsp3) is 0.190. The molecule has 0 saturated carbocycles. The van der Waals surface area contributed by atoms with E-state index in [0.717, 1.165) is 11.1 Å². The number of anilines is 1. The van der Waals surface area contributed by atoms with Crippen LogP contribution < -0.4 is 14.9 Å². The van der Waals surface area contributed by atoms with Gasteiger partial charge in [-0.2, -0.15) is 5.10 Å². The second kappa shape index (κ2) is 10.2. The van der Waals surface area contributed by atoms with Crippen molar-refractivity contribution in [3.8, 4) is 11.5 Å². The fourth-order valence-corrected chi connectivity index (χ4v) is 3.10. The summed E-state index contributed by atoms with van der Waals surface area (Å²) < 4.78 is 15.9. The van der Waals surface area contributed by atoms with Gasteiger partial charge in [-0.15, -0.1) is 11.3 Å². The van der Waals surface area contributed by atoms with Gasteiger partial charge in [0.25, 0.3) is 0 Å². The number of thiazole rings is 1. The monoisotopic (exact) mass is 411 g/mol. The predicted molar refractivity (Wildman–Crippen MR) is 113 cm³/mol. The van der Waals surface area contributed by atoms with Crippen LogP contribution in [0.2, 0.25) is 0 Å². The lowest BCUT2D eigenvalue weighted by Gasteiger charge is -2.11. The number of esters is 1. The van der Waals surface area contributed by atoms with Gasteiger partial charge in [0.2, 0.25) is 5.13 Å². The number of methoxy groups -OCH3 is 2. The Bertz CT molecular complexity index is 973. The van der Waals surface area contributed by atoms with E-state index in [2.05, 4.69) is 20.2 Å². The van der Waals surface area contributed by atoms with Crippen LogP contribution in [0, 0.1) is 0 Å². The largest absolute Gasteiger partial charge is 0.493 e. The zero-order valence-corrected chi connectivity index (χ0v) is 16.9. The maximum absolute atomic E-state index is 11.3. The summed E-state index contributed by atoms with van der Waals surface area (Å²) in [7, 11) is 2.95. The summed E-state index contributed by atoms with van der Waals surface area (Å²) in [5.74, 6) is 0.959. The first kappa shape index (κ1) is 20.3.